The topological polar surface area (TPSA) is 72.6 Å². The molecule has 17 heavy (non-hydrogen) atoms. The molecule has 1 saturated heterocycles. The van der Waals surface area contributed by atoms with Crippen LogP contribution in [0, 0.1) is 0 Å². The molecule has 0 aliphatic carbocycles. The van der Waals surface area contributed by atoms with Crippen molar-refractivity contribution in [1.29, 1.82) is 0 Å². The molecule has 0 aromatic carbocycles. The van der Waals surface area contributed by atoms with Crippen LogP contribution < -0.4 is 5.73 Å². The number of ether oxygens (including phenoxy) is 1. The Balaban J connectivity index is 2.85. The fourth-order valence-electron chi connectivity index (χ4n) is 1.74. The average Bonchev–Trinajstić information content (AvgIpc) is 2.37. The quantitative estimate of drug-likeness (QED) is 0.776. The number of nitrogens with two attached hydrogens (primary N) is 1. The highest BCUT2D eigenvalue weighted by molar-refractivity contribution is 8.00. The zero-order chi connectivity index (χ0) is 13.4. The third-order valence-electron chi connectivity index (χ3n) is 2.44. The molecule has 0 aromatic rings. The maximum atomic E-state index is 11.9. The third kappa shape index (κ3) is 3.28. The molecule has 1 heterocycles. The van der Waals surface area contributed by atoms with Gasteiger partial charge in [0.2, 0.25) is 5.91 Å². The highest BCUT2D eigenvalue weighted by Crippen LogP contribution is 2.39. The Labute approximate surface area is 106 Å². The fourth-order valence-corrected chi connectivity index (χ4v) is 2.87. The molecule has 1 unspecified atom stereocenters. The van der Waals surface area contributed by atoms with Gasteiger partial charge in [-0.15, -0.1) is 11.8 Å². The Hall–Kier alpha value is -0.910. The summed E-state index contributed by atoms with van der Waals surface area (Å²) in [5, 5.41) is 0. The summed E-state index contributed by atoms with van der Waals surface area (Å²) in [7, 11) is 0. The van der Waals surface area contributed by atoms with Crippen LogP contribution in [0.3, 0.4) is 0 Å². The van der Waals surface area contributed by atoms with Crippen molar-refractivity contribution < 1.29 is 14.3 Å². The van der Waals surface area contributed by atoms with Crippen LogP contribution >= 0.6 is 11.8 Å². The maximum Gasteiger partial charge on any atom is 0.411 e. The van der Waals surface area contributed by atoms with Crippen LogP contribution in [0.5, 0.6) is 0 Å². The van der Waals surface area contributed by atoms with Gasteiger partial charge >= 0.3 is 6.09 Å². The Bertz CT molecular complexity index is 336. The third-order valence-corrected chi connectivity index (χ3v) is 3.82. The van der Waals surface area contributed by atoms with Crippen LogP contribution in [-0.4, -0.2) is 39.2 Å². The number of carbonyl (C=O) groups is 2. The number of primary amides is 1. The molecule has 2 amide bonds. The van der Waals surface area contributed by atoms with E-state index in [4.69, 9.17) is 10.5 Å². The Morgan fingerprint density at radius 3 is 2.35 bits per heavy atom. The molecular formula is C11H20N2O3S. The van der Waals surface area contributed by atoms with Gasteiger partial charge in [0.1, 0.15) is 11.6 Å². The minimum Gasteiger partial charge on any atom is -0.444 e. The first kappa shape index (κ1) is 14.2. The van der Waals surface area contributed by atoms with E-state index in [0.29, 0.717) is 5.88 Å². The lowest BCUT2D eigenvalue weighted by Gasteiger charge is -2.30. The summed E-state index contributed by atoms with van der Waals surface area (Å²) in [6.07, 6.45) is -0.487. The Morgan fingerprint density at radius 1 is 1.41 bits per heavy atom. The zero-order valence-corrected chi connectivity index (χ0v) is 11.8. The molecule has 1 fully saturated rings. The second kappa shape index (κ2) is 4.40. The van der Waals surface area contributed by atoms with Gasteiger partial charge in [-0.2, -0.15) is 0 Å². The molecular weight excluding hydrogens is 240 g/mol. The van der Waals surface area contributed by atoms with Crippen molar-refractivity contribution in [1.82, 2.24) is 4.90 Å². The van der Waals surface area contributed by atoms with E-state index in [1.165, 1.54) is 16.7 Å². The Kier molecular flexibility index (Phi) is 3.66. The maximum absolute atomic E-state index is 11.9. The van der Waals surface area contributed by atoms with E-state index in [1.807, 2.05) is 13.8 Å². The van der Waals surface area contributed by atoms with Gasteiger partial charge in [-0.25, -0.2) is 4.79 Å². The summed E-state index contributed by atoms with van der Waals surface area (Å²) < 4.78 is 4.89. The predicted molar refractivity (Wildman–Crippen MR) is 67.6 cm³/mol. The number of hydrogen-bond acceptors (Lipinski definition) is 4. The number of amides is 2. The van der Waals surface area contributed by atoms with E-state index in [9.17, 15) is 9.59 Å². The van der Waals surface area contributed by atoms with Gasteiger partial charge < -0.3 is 10.5 Å². The van der Waals surface area contributed by atoms with Crippen LogP contribution in [0.25, 0.3) is 0 Å². The lowest BCUT2D eigenvalue weighted by atomic mass is 10.0. The summed E-state index contributed by atoms with van der Waals surface area (Å²) in [6.45, 7) is 9.17. The summed E-state index contributed by atoms with van der Waals surface area (Å²) in [5.41, 5.74) is 4.79. The van der Waals surface area contributed by atoms with Gasteiger partial charge in [-0.05, 0) is 34.6 Å². The van der Waals surface area contributed by atoms with Crippen molar-refractivity contribution in [2.75, 3.05) is 5.88 Å². The lowest BCUT2D eigenvalue weighted by Crippen LogP contribution is -2.52. The van der Waals surface area contributed by atoms with Crippen LogP contribution in [0.2, 0.25) is 0 Å². The number of thioether (sulfide) groups is 1. The molecule has 0 bridgehead atoms. The van der Waals surface area contributed by atoms with Crippen molar-refractivity contribution in [2.24, 2.45) is 5.73 Å². The molecule has 1 rings (SSSR count). The average molecular weight is 260 g/mol. The number of rotatable bonds is 1. The van der Waals surface area contributed by atoms with Crippen molar-refractivity contribution in [2.45, 2.75) is 51.0 Å². The SMILES string of the molecule is CC(C)(C)OC(=O)N1CSC(C)(C)C1C(N)=O. The predicted octanol–water partition coefficient (Wildman–Crippen LogP) is 1.56. The fraction of sp³-hybridized carbons (Fsp3) is 0.818. The highest BCUT2D eigenvalue weighted by Gasteiger charge is 2.48. The van der Waals surface area contributed by atoms with E-state index >= 15 is 0 Å². The minimum atomic E-state index is -0.623. The molecule has 1 aliphatic heterocycles. The monoisotopic (exact) mass is 260 g/mol. The van der Waals surface area contributed by atoms with Crippen LogP contribution in [0.15, 0.2) is 0 Å². The van der Waals surface area contributed by atoms with Crippen molar-refractivity contribution in [3.8, 4) is 0 Å². The van der Waals surface area contributed by atoms with E-state index in [-0.39, 0.29) is 4.75 Å². The molecule has 0 aromatic heterocycles. The zero-order valence-electron chi connectivity index (χ0n) is 10.9. The number of carbonyl (C=O) groups excluding carboxylic acids is 2. The second-order valence-electron chi connectivity index (χ2n) is 5.63. The minimum absolute atomic E-state index is 0.372. The summed E-state index contributed by atoms with van der Waals surface area (Å²) in [6, 6.07) is -0.623. The standard InChI is InChI=1S/C11H20N2O3S/c1-10(2,3)16-9(15)13-6-17-11(4,5)7(13)8(12)14/h7H,6H2,1-5H3,(H2,12,14). The van der Waals surface area contributed by atoms with Crippen LogP contribution in [0.4, 0.5) is 4.79 Å². The van der Waals surface area contributed by atoms with E-state index < -0.39 is 23.6 Å². The first-order chi connectivity index (χ1) is 7.54. The van der Waals surface area contributed by atoms with Crippen molar-refractivity contribution >= 4 is 23.8 Å². The summed E-state index contributed by atoms with van der Waals surface area (Å²) in [5.74, 6) is -0.0685. The molecule has 6 heteroatoms. The molecule has 0 spiro atoms. The first-order valence-corrected chi connectivity index (χ1v) is 6.46. The Morgan fingerprint density at radius 2 is 1.94 bits per heavy atom. The van der Waals surface area contributed by atoms with Gasteiger partial charge in [-0.3, -0.25) is 9.69 Å². The molecule has 0 radical (unpaired) electrons. The molecule has 98 valence electrons. The molecule has 1 atom stereocenters. The molecule has 5 nitrogen and oxygen atoms in total. The van der Waals surface area contributed by atoms with E-state index in [1.54, 1.807) is 20.8 Å². The first-order valence-electron chi connectivity index (χ1n) is 5.47. The van der Waals surface area contributed by atoms with Crippen LogP contribution in [-0.2, 0) is 9.53 Å². The van der Waals surface area contributed by atoms with Gasteiger partial charge in [0.25, 0.3) is 0 Å². The largest absolute Gasteiger partial charge is 0.444 e. The highest BCUT2D eigenvalue weighted by atomic mass is 32.2. The van der Waals surface area contributed by atoms with Crippen molar-refractivity contribution in [3.63, 3.8) is 0 Å². The van der Waals surface area contributed by atoms with Gasteiger partial charge in [-0.1, -0.05) is 0 Å². The van der Waals surface area contributed by atoms with Gasteiger partial charge in [0.15, 0.2) is 0 Å². The number of hydrogen-bond donors (Lipinski definition) is 1. The molecule has 2 N–H and O–H groups in total. The van der Waals surface area contributed by atoms with Crippen molar-refractivity contribution in [3.05, 3.63) is 0 Å². The lowest BCUT2D eigenvalue weighted by molar-refractivity contribution is -0.123. The van der Waals surface area contributed by atoms with Crippen LogP contribution in [0.1, 0.15) is 34.6 Å². The summed E-state index contributed by atoms with van der Waals surface area (Å²) in [4.78, 5) is 24.8. The number of nitrogens with zero attached hydrogens (tertiary/aromatic N) is 1. The molecule has 1 aliphatic rings. The summed E-state index contributed by atoms with van der Waals surface area (Å²) >= 11 is 1.52. The molecule has 0 saturated carbocycles. The van der Waals surface area contributed by atoms with Gasteiger partial charge in [0, 0.05) is 4.75 Å². The van der Waals surface area contributed by atoms with E-state index in [0.717, 1.165) is 0 Å². The smallest absolute Gasteiger partial charge is 0.411 e. The van der Waals surface area contributed by atoms with E-state index in [2.05, 4.69) is 0 Å². The normalized spacial score (nSPS) is 23.6. The van der Waals surface area contributed by atoms with Gasteiger partial charge in [0.05, 0.1) is 5.88 Å². The second-order valence-corrected chi connectivity index (χ2v) is 7.23.